The first kappa shape index (κ1) is 13.7. The Bertz CT molecular complexity index is 354. The first-order valence-electron chi connectivity index (χ1n) is 5.23. The van der Waals surface area contributed by atoms with Gasteiger partial charge in [-0.1, -0.05) is 13.8 Å². The summed E-state index contributed by atoms with van der Waals surface area (Å²) in [5, 5.41) is 8.89. The van der Waals surface area contributed by atoms with Gasteiger partial charge in [0.2, 0.25) is 0 Å². The normalized spacial score (nSPS) is 9.07. The molecule has 80 valence electrons. The molecule has 0 fully saturated rings. The molecule has 1 aromatic rings. The van der Waals surface area contributed by atoms with Crippen LogP contribution in [0, 0.1) is 13.8 Å². The van der Waals surface area contributed by atoms with Crippen LogP contribution in [0.15, 0.2) is 30.5 Å². The van der Waals surface area contributed by atoms with E-state index in [2.05, 4.69) is 24.8 Å². The van der Waals surface area contributed by atoms with Crippen LogP contribution in [0.2, 0.25) is 0 Å². The fourth-order valence-corrected chi connectivity index (χ4v) is 1.13. The molecule has 0 atom stereocenters. The van der Waals surface area contributed by atoms with Crippen LogP contribution < -0.4 is 5.46 Å². The molecule has 2 heteroatoms. The molecule has 0 aromatic heterocycles. The molecule has 0 saturated heterocycles. The minimum absolute atomic E-state index is 0.0842. The van der Waals surface area contributed by atoms with Crippen molar-refractivity contribution in [3.8, 4) is 0 Å². The molecular weight excluding hydrogens is 183 g/mol. The van der Waals surface area contributed by atoms with Crippen molar-refractivity contribution in [3.63, 3.8) is 0 Å². The molecule has 1 N–H and O–H groups in total. The van der Waals surface area contributed by atoms with Crippen LogP contribution in [0.1, 0.15) is 25.0 Å². The summed E-state index contributed by atoms with van der Waals surface area (Å²) in [6.07, 6.45) is 0. The maximum atomic E-state index is 8.89. The van der Waals surface area contributed by atoms with E-state index in [1.165, 1.54) is 11.1 Å². The third-order valence-corrected chi connectivity index (χ3v) is 1.89. The molecule has 0 bridgehead atoms. The van der Waals surface area contributed by atoms with Crippen LogP contribution in [0.25, 0.3) is 0 Å². The van der Waals surface area contributed by atoms with E-state index in [1.807, 2.05) is 34.6 Å². The molecule has 0 aliphatic heterocycles. The van der Waals surface area contributed by atoms with Crippen LogP contribution in [-0.2, 0) is 0 Å². The van der Waals surface area contributed by atoms with Gasteiger partial charge < -0.3 is 0 Å². The number of rotatable bonds is 2. The van der Waals surface area contributed by atoms with Gasteiger partial charge in [-0.3, -0.25) is 0 Å². The van der Waals surface area contributed by atoms with Crippen LogP contribution in [0.4, 0.5) is 0 Å². The predicted molar refractivity (Wildman–Crippen MR) is 70.5 cm³/mol. The van der Waals surface area contributed by atoms with Gasteiger partial charge in [-0.2, -0.15) is 0 Å². The third-order valence-electron chi connectivity index (χ3n) is 1.89. The molecule has 1 aromatic carbocycles. The topological polar surface area (TPSA) is 20.2 Å². The van der Waals surface area contributed by atoms with Gasteiger partial charge in [-0.25, -0.2) is 0 Å². The molecule has 0 amide bonds. The summed E-state index contributed by atoms with van der Waals surface area (Å²) in [6, 6.07) is 6.21. The fraction of sp³-hybridized carbons (Fsp3) is 0.308. The SMILES string of the molecule is C=C(O)C=Bc1cc(C)ccc1C.CC. The van der Waals surface area contributed by atoms with Crippen molar-refractivity contribution >= 4 is 18.4 Å². The second-order valence-corrected chi connectivity index (χ2v) is 3.18. The van der Waals surface area contributed by atoms with Gasteiger partial charge in [0.15, 0.2) is 0 Å². The first-order chi connectivity index (χ1) is 7.09. The van der Waals surface area contributed by atoms with Crippen molar-refractivity contribution in [3.05, 3.63) is 41.7 Å². The Morgan fingerprint density at radius 2 is 1.93 bits per heavy atom. The Morgan fingerprint density at radius 1 is 1.33 bits per heavy atom. The van der Waals surface area contributed by atoms with E-state index in [0.717, 1.165) is 5.46 Å². The zero-order valence-electron chi connectivity index (χ0n) is 10.0. The number of hydrogen-bond acceptors (Lipinski definition) is 1. The van der Waals surface area contributed by atoms with Gasteiger partial charge in [0.1, 0.15) is 0 Å². The molecule has 0 aliphatic rings. The number of allylic oxidation sites excluding steroid dienone is 1. The Balaban J connectivity index is 0.000000921. The summed E-state index contributed by atoms with van der Waals surface area (Å²) >= 11 is 0. The standard InChI is InChI=1S/C11H13BO.C2H6/c1-8-4-5-9(2)11(6-8)12-7-10(3)13;1-2/h4-7,13H,3H2,1-2H3;1-2H3. The molecule has 0 saturated carbocycles. The first-order valence-corrected chi connectivity index (χ1v) is 5.23. The summed E-state index contributed by atoms with van der Waals surface area (Å²) in [6.45, 7) is 13.3. The van der Waals surface area contributed by atoms with E-state index >= 15 is 0 Å². The largest absolute Gasteiger partial charge is 0.0683 e. The second kappa shape index (κ2) is 7.05. The zero-order chi connectivity index (χ0) is 11.8. The van der Waals surface area contributed by atoms with Gasteiger partial charge in [-0.15, -0.1) is 0 Å². The number of hydrogen-bond donors (Lipinski definition) is 1. The van der Waals surface area contributed by atoms with Crippen molar-refractivity contribution < 1.29 is 5.11 Å². The predicted octanol–water partition coefficient (Wildman–Crippen LogP) is 2.53. The van der Waals surface area contributed by atoms with E-state index in [1.54, 1.807) is 5.97 Å². The average molecular weight is 202 g/mol. The molecule has 0 radical (unpaired) electrons. The van der Waals surface area contributed by atoms with E-state index in [0.29, 0.717) is 0 Å². The Kier molecular flexibility index (Phi) is 6.44. The fourth-order valence-electron chi connectivity index (χ4n) is 1.13. The van der Waals surface area contributed by atoms with Gasteiger partial charge in [0.25, 0.3) is 0 Å². The van der Waals surface area contributed by atoms with E-state index < -0.39 is 0 Å². The molecule has 0 aliphatic carbocycles. The van der Waals surface area contributed by atoms with E-state index in [9.17, 15) is 0 Å². The minimum atomic E-state index is 0.0842. The number of aliphatic hydroxyl groups excluding tert-OH is 1. The zero-order valence-corrected chi connectivity index (χ0v) is 10.0. The van der Waals surface area contributed by atoms with Crippen molar-refractivity contribution in [2.24, 2.45) is 0 Å². The van der Waals surface area contributed by atoms with Crippen molar-refractivity contribution in [1.82, 2.24) is 0 Å². The van der Waals surface area contributed by atoms with Gasteiger partial charge in [0.05, 0.1) is 0 Å². The maximum Gasteiger partial charge on any atom is -0.0683 e. The number of benzene rings is 1. The Labute approximate surface area is 93.4 Å². The Hall–Kier alpha value is -1.31. The minimum Gasteiger partial charge on any atom is -0.0683 e. The molecule has 0 heterocycles. The quantitative estimate of drug-likeness (QED) is 0.577. The average Bonchev–Trinajstić information content (AvgIpc) is 2.22. The second-order valence-electron chi connectivity index (χ2n) is 3.18. The Morgan fingerprint density at radius 3 is 2.47 bits per heavy atom. The molecular formula is C13H19BO. The summed E-state index contributed by atoms with van der Waals surface area (Å²) in [4.78, 5) is 0. The van der Waals surface area contributed by atoms with Gasteiger partial charge >= 0.3 is 79.0 Å². The van der Waals surface area contributed by atoms with E-state index in [4.69, 9.17) is 5.11 Å². The third kappa shape index (κ3) is 5.21. The van der Waals surface area contributed by atoms with Crippen molar-refractivity contribution in [2.75, 3.05) is 0 Å². The van der Waals surface area contributed by atoms with Gasteiger partial charge in [-0.05, 0) is 0 Å². The number of aliphatic hydroxyl groups is 1. The van der Waals surface area contributed by atoms with E-state index in [-0.39, 0.29) is 5.76 Å². The maximum absolute atomic E-state index is 8.89. The van der Waals surface area contributed by atoms with Crippen LogP contribution >= 0.6 is 0 Å². The molecule has 0 unspecified atom stereocenters. The molecule has 0 spiro atoms. The number of aryl methyl sites for hydroxylation is 2. The summed E-state index contributed by atoms with van der Waals surface area (Å²) in [7, 11) is 0. The monoisotopic (exact) mass is 202 g/mol. The molecule has 15 heavy (non-hydrogen) atoms. The molecule has 1 nitrogen and oxygen atoms in total. The van der Waals surface area contributed by atoms with Crippen LogP contribution in [-0.4, -0.2) is 18.0 Å². The van der Waals surface area contributed by atoms with Crippen molar-refractivity contribution in [1.29, 1.82) is 0 Å². The summed E-state index contributed by atoms with van der Waals surface area (Å²) < 4.78 is 0. The summed E-state index contributed by atoms with van der Waals surface area (Å²) in [5.74, 6) is 1.68. The van der Waals surface area contributed by atoms with Crippen molar-refractivity contribution in [2.45, 2.75) is 27.7 Å². The van der Waals surface area contributed by atoms with Gasteiger partial charge in [0, 0.05) is 0 Å². The smallest absolute Gasteiger partial charge is 0.0683 e. The molecule has 1 rings (SSSR count). The van der Waals surface area contributed by atoms with Crippen LogP contribution in [0.5, 0.6) is 0 Å². The van der Waals surface area contributed by atoms with Crippen LogP contribution in [0.3, 0.4) is 0 Å². The summed E-state index contributed by atoms with van der Waals surface area (Å²) in [5.41, 5.74) is 3.53.